The molecular weight excluding hydrogens is 284 g/mol. The second kappa shape index (κ2) is 8.32. The van der Waals surface area contributed by atoms with Gasteiger partial charge in [0.2, 0.25) is 0 Å². The smallest absolute Gasteiger partial charge is 0.322 e. The van der Waals surface area contributed by atoms with Crippen LogP contribution in [0.5, 0.6) is 0 Å². The first kappa shape index (κ1) is 16.2. The van der Waals surface area contributed by atoms with Gasteiger partial charge in [-0.3, -0.25) is 9.00 Å². The van der Waals surface area contributed by atoms with Crippen molar-refractivity contribution in [2.24, 2.45) is 0 Å². The Morgan fingerprint density at radius 3 is 2.57 bits per heavy atom. The van der Waals surface area contributed by atoms with Crippen LogP contribution >= 0.6 is 0 Å². The predicted molar refractivity (Wildman–Crippen MR) is 84.5 cm³/mol. The van der Waals surface area contributed by atoms with Gasteiger partial charge in [0, 0.05) is 4.90 Å². The van der Waals surface area contributed by atoms with E-state index >= 15 is 0 Å². The van der Waals surface area contributed by atoms with Crippen LogP contribution in [-0.4, -0.2) is 21.5 Å². The molecule has 1 fully saturated rings. The van der Waals surface area contributed by atoms with Gasteiger partial charge in [-0.05, 0) is 37.8 Å². The third-order valence-corrected chi connectivity index (χ3v) is 5.59. The molecule has 0 aromatic heterocycles. The largest absolute Gasteiger partial charge is 0.461 e. The Kier molecular flexibility index (Phi) is 6.43. The molecule has 1 saturated heterocycles. The summed E-state index contributed by atoms with van der Waals surface area (Å²) in [5, 5.41) is -0.501. The van der Waals surface area contributed by atoms with Crippen molar-refractivity contribution in [1.29, 1.82) is 0 Å². The zero-order valence-electron chi connectivity index (χ0n) is 12.6. The molecule has 1 aromatic rings. The van der Waals surface area contributed by atoms with Crippen molar-refractivity contribution < 1.29 is 13.7 Å². The van der Waals surface area contributed by atoms with E-state index in [1.807, 2.05) is 18.2 Å². The molecule has 0 radical (unpaired) electrons. The fourth-order valence-electron chi connectivity index (χ4n) is 2.67. The van der Waals surface area contributed by atoms with Crippen molar-refractivity contribution in [3.05, 3.63) is 30.3 Å². The van der Waals surface area contributed by atoms with Crippen LogP contribution in [0.1, 0.15) is 51.9 Å². The zero-order valence-corrected chi connectivity index (χ0v) is 13.4. The molecule has 1 aliphatic rings. The average molecular weight is 308 g/mol. The summed E-state index contributed by atoms with van der Waals surface area (Å²) < 4.78 is 17.9. The molecule has 1 aliphatic heterocycles. The number of carbonyl (C=O) groups is 1. The second-order valence-corrected chi connectivity index (χ2v) is 7.22. The van der Waals surface area contributed by atoms with Crippen LogP contribution in [0.2, 0.25) is 0 Å². The first-order chi connectivity index (χ1) is 10.2. The maximum atomic E-state index is 12.4. The minimum Gasteiger partial charge on any atom is -0.461 e. The van der Waals surface area contributed by atoms with Gasteiger partial charge < -0.3 is 4.74 Å². The molecule has 0 amide bonds. The van der Waals surface area contributed by atoms with Crippen LogP contribution in [0.4, 0.5) is 0 Å². The summed E-state index contributed by atoms with van der Waals surface area (Å²) >= 11 is 0. The Labute approximate surface area is 129 Å². The summed E-state index contributed by atoms with van der Waals surface area (Å²) in [6.45, 7) is 2.18. The molecule has 0 saturated carbocycles. The van der Waals surface area contributed by atoms with Gasteiger partial charge in [0.05, 0.1) is 10.8 Å². The van der Waals surface area contributed by atoms with Crippen molar-refractivity contribution in [3.63, 3.8) is 0 Å². The third kappa shape index (κ3) is 4.67. The molecule has 1 aromatic carbocycles. The van der Waals surface area contributed by atoms with Crippen molar-refractivity contribution >= 4 is 16.8 Å². The topological polar surface area (TPSA) is 43.4 Å². The number of hydrogen-bond donors (Lipinski definition) is 0. The van der Waals surface area contributed by atoms with Gasteiger partial charge >= 0.3 is 5.97 Å². The first-order valence-corrected chi connectivity index (χ1v) is 9.09. The summed E-state index contributed by atoms with van der Waals surface area (Å²) in [4.78, 5) is 12.8. The predicted octanol–water partition coefficient (Wildman–Crippen LogP) is 3.84. The van der Waals surface area contributed by atoms with Crippen LogP contribution in [-0.2, 0) is 20.3 Å². The molecule has 0 aliphatic carbocycles. The Hall–Kier alpha value is -1.16. The van der Waals surface area contributed by atoms with Crippen molar-refractivity contribution in [2.75, 3.05) is 0 Å². The van der Waals surface area contributed by atoms with E-state index in [0.717, 1.165) is 19.3 Å². The molecule has 3 nitrogen and oxygen atoms in total. The number of hydrogen-bond acceptors (Lipinski definition) is 3. The van der Waals surface area contributed by atoms with Crippen LogP contribution in [0.3, 0.4) is 0 Å². The normalized spacial score (nSPS) is 23.6. The molecule has 0 bridgehead atoms. The van der Waals surface area contributed by atoms with Crippen molar-refractivity contribution in [1.82, 2.24) is 0 Å². The van der Waals surface area contributed by atoms with Crippen LogP contribution in [0, 0.1) is 0 Å². The van der Waals surface area contributed by atoms with E-state index in [1.54, 1.807) is 12.1 Å². The Bertz CT molecular complexity index is 472. The van der Waals surface area contributed by atoms with Gasteiger partial charge in [0.15, 0.2) is 0 Å². The Morgan fingerprint density at radius 2 is 1.90 bits per heavy atom. The fourth-order valence-corrected chi connectivity index (χ4v) is 4.00. The number of cyclic esters (lactones) is 1. The first-order valence-electron chi connectivity index (χ1n) is 7.88. The minimum absolute atomic E-state index is 0.0263. The monoisotopic (exact) mass is 308 g/mol. The SMILES string of the molecule is CCCCCCC1CCC(S(=O)c2ccccc2)C(=O)O1. The van der Waals surface area contributed by atoms with E-state index in [4.69, 9.17) is 4.74 Å². The molecule has 4 heteroatoms. The number of rotatable bonds is 7. The molecule has 0 N–H and O–H groups in total. The lowest BCUT2D eigenvalue weighted by molar-refractivity contribution is -0.153. The fraction of sp³-hybridized carbons (Fsp3) is 0.588. The summed E-state index contributed by atoms with van der Waals surface area (Å²) in [5.74, 6) is -0.288. The third-order valence-electron chi connectivity index (χ3n) is 3.91. The Balaban J connectivity index is 1.84. The van der Waals surface area contributed by atoms with Crippen LogP contribution in [0.15, 0.2) is 35.2 Å². The van der Waals surface area contributed by atoms with E-state index < -0.39 is 16.0 Å². The molecule has 0 spiro atoms. The lowest BCUT2D eigenvalue weighted by Crippen LogP contribution is -2.37. The molecule has 116 valence electrons. The molecule has 3 unspecified atom stereocenters. The molecular formula is C17H24O3S. The van der Waals surface area contributed by atoms with Crippen LogP contribution < -0.4 is 0 Å². The highest BCUT2D eigenvalue weighted by atomic mass is 32.2. The number of benzene rings is 1. The number of unbranched alkanes of at least 4 members (excludes halogenated alkanes) is 3. The van der Waals surface area contributed by atoms with E-state index in [-0.39, 0.29) is 12.1 Å². The minimum atomic E-state index is -1.30. The Morgan fingerprint density at radius 1 is 1.14 bits per heavy atom. The zero-order chi connectivity index (χ0) is 15.1. The van der Waals surface area contributed by atoms with Gasteiger partial charge in [-0.1, -0.05) is 44.4 Å². The highest BCUT2D eigenvalue weighted by molar-refractivity contribution is 7.86. The number of esters is 1. The van der Waals surface area contributed by atoms with Gasteiger partial charge in [0.25, 0.3) is 0 Å². The molecule has 2 rings (SSSR count). The summed E-state index contributed by atoms with van der Waals surface area (Å²) in [6.07, 6.45) is 7.22. The second-order valence-electron chi connectivity index (χ2n) is 5.58. The van der Waals surface area contributed by atoms with Crippen molar-refractivity contribution in [3.8, 4) is 0 Å². The summed E-state index contributed by atoms with van der Waals surface area (Å²) in [6, 6.07) is 9.18. The molecule has 21 heavy (non-hydrogen) atoms. The van der Waals surface area contributed by atoms with E-state index in [1.165, 1.54) is 19.3 Å². The summed E-state index contributed by atoms with van der Waals surface area (Å²) in [5.41, 5.74) is 0. The molecule has 3 atom stereocenters. The average Bonchev–Trinajstić information content (AvgIpc) is 2.52. The lowest BCUT2D eigenvalue weighted by Gasteiger charge is -2.27. The van der Waals surface area contributed by atoms with E-state index in [2.05, 4.69) is 6.92 Å². The maximum absolute atomic E-state index is 12.4. The quantitative estimate of drug-likeness (QED) is 0.568. The van der Waals surface area contributed by atoms with Gasteiger partial charge in [-0.25, -0.2) is 0 Å². The standard InChI is InChI=1S/C17H24O3S/c1-2-3-4-6-9-14-12-13-16(17(18)20-14)21(19)15-10-7-5-8-11-15/h5,7-8,10-11,14,16H,2-4,6,9,12-13H2,1H3. The van der Waals surface area contributed by atoms with Crippen molar-refractivity contribution in [2.45, 2.75) is 68.1 Å². The van der Waals surface area contributed by atoms with E-state index in [9.17, 15) is 9.00 Å². The van der Waals surface area contributed by atoms with E-state index in [0.29, 0.717) is 11.3 Å². The highest BCUT2D eigenvalue weighted by Crippen LogP contribution is 2.25. The lowest BCUT2D eigenvalue weighted by atomic mass is 10.0. The maximum Gasteiger partial charge on any atom is 0.322 e. The van der Waals surface area contributed by atoms with Gasteiger partial charge in [-0.15, -0.1) is 0 Å². The van der Waals surface area contributed by atoms with Gasteiger partial charge in [-0.2, -0.15) is 0 Å². The number of carbonyl (C=O) groups excluding carboxylic acids is 1. The van der Waals surface area contributed by atoms with Crippen LogP contribution in [0.25, 0.3) is 0 Å². The van der Waals surface area contributed by atoms with Gasteiger partial charge in [0.1, 0.15) is 11.4 Å². The number of ether oxygens (including phenoxy) is 1. The molecule has 1 heterocycles. The summed E-state index contributed by atoms with van der Waals surface area (Å²) in [7, 11) is -1.30. The highest BCUT2D eigenvalue weighted by Gasteiger charge is 2.34.